The summed E-state index contributed by atoms with van der Waals surface area (Å²) in [6.07, 6.45) is 0. The van der Waals surface area contributed by atoms with Gasteiger partial charge in [0.1, 0.15) is 0 Å². The summed E-state index contributed by atoms with van der Waals surface area (Å²) in [5, 5.41) is 2.53. The van der Waals surface area contributed by atoms with Gasteiger partial charge in [-0.1, -0.05) is 152 Å². The lowest BCUT2D eigenvalue weighted by atomic mass is 9.43. The number of hydrogen-bond acceptors (Lipinski definition) is 1. The summed E-state index contributed by atoms with van der Waals surface area (Å²) >= 11 is 0. The van der Waals surface area contributed by atoms with Gasteiger partial charge in [0.2, 0.25) is 0 Å². The second-order valence-corrected chi connectivity index (χ2v) is 12.9. The lowest BCUT2D eigenvalue weighted by Gasteiger charge is -2.43. The number of fused-ring (bicyclic) bond motifs is 12. The Kier molecular flexibility index (Phi) is 6.04. The zero-order valence-corrected chi connectivity index (χ0v) is 26.3. The summed E-state index contributed by atoms with van der Waals surface area (Å²) in [6, 6.07) is 67.1. The molecular weight excluding hydrogens is 577 g/mol. The van der Waals surface area contributed by atoms with Gasteiger partial charge in [0.05, 0.1) is 0 Å². The van der Waals surface area contributed by atoms with Crippen LogP contribution in [-0.4, -0.2) is 6.85 Å². The molecule has 222 valence electrons. The summed E-state index contributed by atoms with van der Waals surface area (Å²) in [7, 11) is 0. The van der Waals surface area contributed by atoms with Crippen molar-refractivity contribution in [1.82, 2.24) is 0 Å². The summed E-state index contributed by atoms with van der Waals surface area (Å²) in [5.41, 5.74) is 17.7. The minimum Gasteiger partial charge on any atom is -0.376 e. The molecule has 0 spiro atoms. The van der Waals surface area contributed by atoms with Gasteiger partial charge in [0, 0.05) is 22.5 Å². The molecule has 2 heterocycles. The van der Waals surface area contributed by atoms with E-state index in [0.29, 0.717) is 0 Å². The second-order valence-electron chi connectivity index (χ2n) is 12.9. The van der Waals surface area contributed by atoms with Gasteiger partial charge < -0.3 is 4.81 Å². The lowest BCUT2D eigenvalue weighted by molar-refractivity contribution is 1.35. The van der Waals surface area contributed by atoms with Crippen molar-refractivity contribution in [3.05, 3.63) is 182 Å². The fourth-order valence-corrected chi connectivity index (χ4v) is 7.96. The third-order valence-electron chi connectivity index (χ3n) is 10.2. The first-order valence-electron chi connectivity index (χ1n) is 16.7. The lowest BCUT2D eigenvalue weighted by Crippen LogP contribution is -2.59. The van der Waals surface area contributed by atoms with Crippen molar-refractivity contribution in [2.75, 3.05) is 4.81 Å². The molecule has 0 saturated carbocycles. The first-order valence-corrected chi connectivity index (χ1v) is 16.7. The summed E-state index contributed by atoms with van der Waals surface area (Å²) in [6.45, 7) is 0.0433. The highest BCUT2D eigenvalue weighted by atomic mass is 15.1. The Morgan fingerprint density at radius 3 is 1.48 bits per heavy atom. The molecule has 0 radical (unpaired) electrons. The van der Waals surface area contributed by atoms with E-state index in [4.69, 9.17) is 0 Å². The maximum absolute atomic E-state index is 2.60. The molecule has 0 saturated heterocycles. The largest absolute Gasteiger partial charge is 0.376 e. The maximum atomic E-state index is 2.60. The molecule has 2 heteroatoms. The minimum atomic E-state index is 0.0433. The Hall–Kier alpha value is -6.12. The fraction of sp³-hybridized carbons (Fsp3) is 0. The highest BCUT2D eigenvalue weighted by Gasteiger charge is 2.42. The second kappa shape index (κ2) is 10.7. The number of nitrogens with zero attached hydrogens (tertiary/aromatic N) is 1. The topological polar surface area (TPSA) is 3.24 Å². The molecule has 2 aliphatic rings. The van der Waals surface area contributed by atoms with Crippen molar-refractivity contribution in [1.29, 1.82) is 0 Å². The van der Waals surface area contributed by atoms with Gasteiger partial charge in [0.25, 0.3) is 0 Å². The predicted molar refractivity (Wildman–Crippen MR) is 205 cm³/mol. The molecule has 1 nitrogen and oxygen atoms in total. The van der Waals surface area contributed by atoms with Crippen LogP contribution in [0.15, 0.2) is 182 Å². The molecule has 0 amide bonds. The van der Waals surface area contributed by atoms with Crippen LogP contribution in [-0.2, 0) is 0 Å². The fourth-order valence-electron chi connectivity index (χ4n) is 7.96. The molecule has 0 N–H and O–H groups in total. The van der Waals surface area contributed by atoms with Gasteiger partial charge in [-0.05, 0) is 96.5 Å². The normalized spacial score (nSPS) is 12.5. The van der Waals surface area contributed by atoms with E-state index in [9.17, 15) is 0 Å². The zero-order chi connectivity index (χ0) is 31.6. The predicted octanol–water partition coefficient (Wildman–Crippen LogP) is 10.7. The van der Waals surface area contributed by atoms with Crippen LogP contribution in [0.3, 0.4) is 0 Å². The van der Waals surface area contributed by atoms with Gasteiger partial charge in [-0.2, -0.15) is 0 Å². The highest BCUT2D eigenvalue weighted by Crippen LogP contribution is 2.48. The molecule has 0 unspecified atom stereocenters. The monoisotopic (exact) mass is 607 g/mol. The molecule has 10 rings (SSSR count). The van der Waals surface area contributed by atoms with Crippen molar-refractivity contribution in [3.63, 3.8) is 0 Å². The first kappa shape index (κ1) is 27.0. The Morgan fingerprint density at radius 2 is 0.792 bits per heavy atom. The highest BCUT2D eigenvalue weighted by molar-refractivity contribution is 6.92. The number of anilines is 2. The minimum absolute atomic E-state index is 0.0433. The van der Waals surface area contributed by atoms with Crippen LogP contribution < -0.4 is 15.7 Å². The molecule has 2 aliphatic heterocycles. The van der Waals surface area contributed by atoms with Crippen LogP contribution in [0.1, 0.15) is 0 Å². The maximum Gasteiger partial charge on any atom is 0.329 e. The molecule has 8 aromatic rings. The van der Waals surface area contributed by atoms with E-state index < -0.39 is 0 Å². The van der Waals surface area contributed by atoms with Crippen LogP contribution in [0.2, 0.25) is 0 Å². The molecule has 0 atom stereocenters. The average molecular weight is 608 g/mol. The van der Waals surface area contributed by atoms with Gasteiger partial charge in [-0.25, -0.2) is 0 Å². The van der Waals surface area contributed by atoms with Crippen LogP contribution in [0.25, 0.3) is 66.4 Å². The van der Waals surface area contributed by atoms with Gasteiger partial charge in [0.15, 0.2) is 0 Å². The summed E-state index contributed by atoms with van der Waals surface area (Å²) in [4.78, 5) is 2.60. The van der Waals surface area contributed by atoms with Crippen LogP contribution in [0.5, 0.6) is 0 Å². The molecular formula is C46H30BN. The third kappa shape index (κ3) is 4.20. The SMILES string of the molecule is c1ccc(-c2ccc3c(c2)-c2ccccc2B2c4cc(-c5ccc6ccccc6c5)ccc4-c4cc(-c5ccccc5)ccc4N23)cc1. The molecule has 0 aliphatic carbocycles. The van der Waals surface area contributed by atoms with E-state index in [0.717, 1.165) is 0 Å². The van der Waals surface area contributed by atoms with Crippen LogP contribution in [0.4, 0.5) is 11.4 Å². The summed E-state index contributed by atoms with van der Waals surface area (Å²) < 4.78 is 0. The van der Waals surface area contributed by atoms with Crippen molar-refractivity contribution in [2.24, 2.45) is 0 Å². The number of benzene rings is 8. The van der Waals surface area contributed by atoms with Crippen molar-refractivity contribution < 1.29 is 0 Å². The Bertz CT molecular complexity index is 2520. The van der Waals surface area contributed by atoms with Gasteiger partial charge in [-0.15, -0.1) is 0 Å². The average Bonchev–Trinajstić information content (AvgIpc) is 3.17. The Balaban J connectivity index is 1.23. The van der Waals surface area contributed by atoms with Crippen molar-refractivity contribution in [2.45, 2.75) is 0 Å². The smallest absolute Gasteiger partial charge is 0.329 e. The van der Waals surface area contributed by atoms with Crippen LogP contribution >= 0.6 is 0 Å². The Labute approximate surface area is 281 Å². The quantitative estimate of drug-likeness (QED) is 0.181. The van der Waals surface area contributed by atoms with E-state index in [2.05, 4.69) is 187 Å². The van der Waals surface area contributed by atoms with E-state index in [1.807, 2.05) is 0 Å². The van der Waals surface area contributed by atoms with E-state index in [1.165, 1.54) is 88.7 Å². The zero-order valence-electron chi connectivity index (χ0n) is 26.3. The molecule has 8 aromatic carbocycles. The van der Waals surface area contributed by atoms with E-state index >= 15 is 0 Å². The standard InChI is InChI=1S/C46H30BN/c1-3-11-31(12-4-1)36-22-25-45-41(28-36)39-17-9-10-18-43(39)47-44-30-38(35-20-19-33-15-7-8-16-34(33)27-35)21-24-40(44)42-29-37(23-26-46(42)48(45)47)32-13-5-2-6-14-32/h1-30H. The molecule has 0 aromatic heterocycles. The van der Waals surface area contributed by atoms with Gasteiger partial charge in [-0.3, -0.25) is 0 Å². The van der Waals surface area contributed by atoms with E-state index in [-0.39, 0.29) is 6.85 Å². The molecule has 0 bridgehead atoms. The Morgan fingerprint density at radius 1 is 0.292 bits per heavy atom. The summed E-state index contributed by atoms with van der Waals surface area (Å²) in [5.74, 6) is 0. The van der Waals surface area contributed by atoms with Crippen molar-refractivity contribution >= 4 is 39.9 Å². The number of rotatable bonds is 3. The molecule has 0 fully saturated rings. The van der Waals surface area contributed by atoms with Crippen LogP contribution in [0, 0.1) is 0 Å². The number of hydrogen-bond donors (Lipinski definition) is 0. The first-order chi connectivity index (χ1) is 23.8. The van der Waals surface area contributed by atoms with Crippen molar-refractivity contribution in [3.8, 4) is 55.6 Å². The van der Waals surface area contributed by atoms with Gasteiger partial charge >= 0.3 is 6.85 Å². The molecule has 48 heavy (non-hydrogen) atoms. The van der Waals surface area contributed by atoms with E-state index in [1.54, 1.807) is 0 Å². The third-order valence-corrected chi connectivity index (χ3v) is 10.2.